The predicted octanol–water partition coefficient (Wildman–Crippen LogP) is 2.34. The minimum absolute atomic E-state index is 0.0905. The fourth-order valence-electron chi connectivity index (χ4n) is 4.22. The van der Waals surface area contributed by atoms with Gasteiger partial charge in [-0.2, -0.15) is 0 Å². The molecule has 0 aliphatic carbocycles. The maximum absolute atomic E-state index is 12.6. The molecule has 5 rings (SSSR count). The number of aromatic nitrogens is 1. The van der Waals surface area contributed by atoms with Crippen LogP contribution < -0.4 is 5.56 Å². The number of hydrogen-bond donors (Lipinski definition) is 1. The quantitative estimate of drug-likeness (QED) is 0.941. The molecule has 2 bridgehead atoms. The van der Waals surface area contributed by atoms with Crippen molar-refractivity contribution in [2.24, 2.45) is 5.92 Å². The summed E-state index contributed by atoms with van der Waals surface area (Å²) in [5, 5.41) is 9.70. The lowest BCUT2D eigenvalue weighted by Gasteiger charge is -2.45. The van der Waals surface area contributed by atoms with Gasteiger partial charge in [-0.25, -0.2) is 4.79 Å². The van der Waals surface area contributed by atoms with Gasteiger partial charge in [-0.15, -0.1) is 0 Å². The van der Waals surface area contributed by atoms with E-state index in [0.29, 0.717) is 11.6 Å². The van der Waals surface area contributed by atoms with E-state index in [1.807, 2.05) is 30.3 Å². The van der Waals surface area contributed by atoms with Crippen molar-refractivity contribution < 1.29 is 9.90 Å². The number of carboxylic acids is 1. The Hall–Kier alpha value is -2.40. The molecule has 3 aliphatic heterocycles. The van der Waals surface area contributed by atoms with Crippen LogP contribution in [0, 0.1) is 5.92 Å². The molecule has 0 saturated carbocycles. The van der Waals surface area contributed by atoms with Gasteiger partial charge >= 0.3 is 5.97 Å². The Bertz CT molecular complexity index is 820. The van der Waals surface area contributed by atoms with Gasteiger partial charge in [-0.3, -0.25) is 9.36 Å². The van der Waals surface area contributed by atoms with Crippen LogP contribution in [0.3, 0.4) is 0 Å². The first-order valence-electron chi connectivity index (χ1n) is 8.42. The van der Waals surface area contributed by atoms with E-state index in [9.17, 15) is 14.7 Å². The highest BCUT2D eigenvalue weighted by Gasteiger charge is 2.38. The molecule has 3 aliphatic rings. The van der Waals surface area contributed by atoms with Crippen LogP contribution in [-0.4, -0.2) is 40.2 Å². The second-order valence-electron chi connectivity index (χ2n) is 6.69. The number of hydrogen-bond acceptors (Lipinski definition) is 3. The zero-order chi connectivity index (χ0) is 16.7. The smallest absolute Gasteiger partial charge is 0.337 e. The van der Waals surface area contributed by atoms with Crippen LogP contribution in [0.2, 0.25) is 0 Å². The second kappa shape index (κ2) is 5.91. The van der Waals surface area contributed by atoms with Gasteiger partial charge < -0.3 is 10.0 Å². The number of piperidine rings is 3. The van der Waals surface area contributed by atoms with Crippen molar-refractivity contribution in [2.45, 2.75) is 18.8 Å². The molecule has 5 heteroatoms. The summed E-state index contributed by atoms with van der Waals surface area (Å²) in [6.45, 7) is 2.99. The fraction of sp³-hybridized carbons (Fsp3) is 0.368. The van der Waals surface area contributed by atoms with E-state index in [-0.39, 0.29) is 17.0 Å². The summed E-state index contributed by atoms with van der Waals surface area (Å²) in [6, 6.07) is 12.2. The highest BCUT2D eigenvalue weighted by Crippen LogP contribution is 2.40. The van der Waals surface area contributed by atoms with Gasteiger partial charge in [-0.1, -0.05) is 18.2 Å². The van der Waals surface area contributed by atoms with Crippen LogP contribution in [0.1, 0.15) is 34.8 Å². The monoisotopic (exact) mass is 324 g/mol. The molecule has 1 N–H and O–H groups in total. The van der Waals surface area contributed by atoms with Crippen molar-refractivity contribution in [3.63, 3.8) is 0 Å². The van der Waals surface area contributed by atoms with Gasteiger partial charge in [0.25, 0.3) is 5.56 Å². The SMILES string of the molecule is O=C(O)c1ccc(=O)n(-c2ccccc2)c1C1CN2CCC1CC2. The first kappa shape index (κ1) is 15.1. The second-order valence-corrected chi connectivity index (χ2v) is 6.69. The number of fused-ring (bicyclic) bond motifs is 3. The Morgan fingerprint density at radius 1 is 1.04 bits per heavy atom. The number of carbonyl (C=O) groups is 1. The lowest BCUT2D eigenvalue weighted by atomic mass is 9.76. The average molecular weight is 324 g/mol. The predicted molar refractivity (Wildman–Crippen MR) is 90.9 cm³/mol. The largest absolute Gasteiger partial charge is 0.478 e. The molecule has 0 amide bonds. The van der Waals surface area contributed by atoms with Crippen LogP contribution in [0.5, 0.6) is 0 Å². The van der Waals surface area contributed by atoms with E-state index in [1.54, 1.807) is 4.57 Å². The van der Waals surface area contributed by atoms with Crippen molar-refractivity contribution in [1.82, 2.24) is 9.47 Å². The van der Waals surface area contributed by atoms with Crippen LogP contribution in [-0.2, 0) is 0 Å². The molecule has 3 saturated heterocycles. The zero-order valence-corrected chi connectivity index (χ0v) is 13.4. The Labute approximate surface area is 140 Å². The first-order valence-corrected chi connectivity index (χ1v) is 8.42. The molecule has 124 valence electrons. The van der Waals surface area contributed by atoms with Gasteiger partial charge in [0.1, 0.15) is 0 Å². The third-order valence-corrected chi connectivity index (χ3v) is 5.38. The Balaban J connectivity index is 1.95. The Kier molecular flexibility index (Phi) is 3.73. The number of carboxylic acid groups (broad SMARTS) is 1. The summed E-state index contributed by atoms with van der Waals surface area (Å²) in [4.78, 5) is 26.8. The van der Waals surface area contributed by atoms with E-state index in [2.05, 4.69) is 4.90 Å². The number of benzene rings is 1. The number of aromatic carboxylic acids is 1. The van der Waals surface area contributed by atoms with Crippen molar-refractivity contribution in [3.05, 3.63) is 64.1 Å². The maximum Gasteiger partial charge on any atom is 0.337 e. The van der Waals surface area contributed by atoms with Gasteiger partial charge in [0.05, 0.1) is 5.56 Å². The highest BCUT2D eigenvalue weighted by atomic mass is 16.4. The number of para-hydroxylation sites is 1. The van der Waals surface area contributed by atoms with Crippen LogP contribution in [0.4, 0.5) is 0 Å². The van der Waals surface area contributed by atoms with Crippen molar-refractivity contribution >= 4 is 5.97 Å². The van der Waals surface area contributed by atoms with Gasteiger partial charge in [-0.05, 0) is 50.0 Å². The molecule has 0 radical (unpaired) electrons. The summed E-state index contributed by atoms with van der Waals surface area (Å²) < 4.78 is 1.61. The van der Waals surface area contributed by atoms with Crippen molar-refractivity contribution in [1.29, 1.82) is 0 Å². The standard InChI is InChI=1S/C19H20N2O3/c22-17-7-6-15(19(23)24)18(21(17)14-4-2-1-3-5-14)16-12-20-10-8-13(16)9-11-20/h1-7,13,16H,8-12H2,(H,23,24). The molecule has 2 aromatic rings. The summed E-state index contributed by atoms with van der Waals surface area (Å²) in [5.41, 5.74) is 1.47. The molecule has 3 fully saturated rings. The van der Waals surface area contributed by atoms with Crippen LogP contribution >= 0.6 is 0 Å². The fourth-order valence-corrected chi connectivity index (χ4v) is 4.22. The highest BCUT2D eigenvalue weighted by molar-refractivity contribution is 5.89. The van der Waals surface area contributed by atoms with Crippen molar-refractivity contribution in [3.8, 4) is 5.69 Å². The molecule has 1 unspecified atom stereocenters. The van der Waals surface area contributed by atoms with E-state index >= 15 is 0 Å². The number of rotatable bonds is 3. The van der Waals surface area contributed by atoms with Crippen molar-refractivity contribution in [2.75, 3.05) is 19.6 Å². The van der Waals surface area contributed by atoms with E-state index in [4.69, 9.17) is 0 Å². The first-order chi connectivity index (χ1) is 11.6. The van der Waals surface area contributed by atoms with E-state index in [0.717, 1.165) is 38.2 Å². The van der Waals surface area contributed by atoms with Gasteiger partial charge in [0.15, 0.2) is 0 Å². The summed E-state index contributed by atoms with van der Waals surface area (Å²) >= 11 is 0. The number of pyridine rings is 1. The zero-order valence-electron chi connectivity index (χ0n) is 13.4. The Morgan fingerprint density at radius 2 is 1.75 bits per heavy atom. The molecular weight excluding hydrogens is 304 g/mol. The Morgan fingerprint density at radius 3 is 2.33 bits per heavy atom. The minimum Gasteiger partial charge on any atom is -0.478 e. The molecular formula is C19H20N2O3. The van der Waals surface area contributed by atoms with Crippen LogP contribution in [0.15, 0.2) is 47.3 Å². The van der Waals surface area contributed by atoms with E-state index in [1.165, 1.54) is 12.1 Å². The third-order valence-electron chi connectivity index (χ3n) is 5.38. The maximum atomic E-state index is 12.6. The van der Waals surface area contributed by atoms with Gasteiger partial charge in [0.2, 0.25) is 0 Å². The summed E-state index contributed by atoms with van der Waals surface area (Å²) in [5.74, 6) is -0.427. The molecule has 5 nitrogen and oxygen atoms in total. The number of nitrogens with zero attached hydrogens (tertiary/aromatic N) is 2. The molecule has 4 heterocycles. The topological polar surface area (TPSA) is 62.5 Å². The minimum atomic E-state index is -0.967. The molecule has 1 atom stereocenters. The molecule has 0 spiro atoms. The van der Waals surface area contributed by atoms with Gasteiger partial charge in [0, 0.05) is 29.9 Å². The van der Waals surface area contributed by atoms with E-state index < -0.39 is 5.97 Å². The lowest BCUT2D eigenvalue weighted by molar-refractivity contribution is 0.0674. The summed E-state index contributed by atoms with van der Waals surface area (Å²) in [7, 11) is 0. The molecule has 1 aromatic carbocycles. The molecule has 1 aromatic heterocycles. The third kappa shape index (κ3) is 2.45. The average Bonchev–Trinajstić information content (AvgIpc) is 2.62. The normalized spacial score (nSPS) is 25.6. The molecule has 24 heavy (non-hydrogen) atoms. The summed E-state index contributed by atoms with van der Waals surface area (Å²) in [6.07, 6.45) is 2.14. The van der Waals surface area contributed by atoms with Crippen LogP contribution in [0.25, 0.3) is 5.69 Å². The lowest BCUT2D eigenvalue weighted by Crippen LogP contribution is -2.47.